The minimum absolute atomic E-state index is 0.0342. The molecule has 2 rings (SSSR count). The number of carbonyl (C=O) groups is 2. The molecular weight excluding hydrogens is 423 g/mol. The van der Waals surface area contributed by atoms with Crippen LogP contribution in [0.15, 0.2) is 36.4 Å². The van der Waals surface area contributed by atoms with Gasteiger partial charge in [0.25, 0.3) is 5.91 Å². The zero-order valence-electron chi connectivity index (χ0n) is 18.0. The number of carbonyl (C=O) groups excluding carboxylic acids is 2. The Bertz CT molecular complexity index is 915. The molecule has 7 heteroatoms. The van der Waals surface area contributed by atoms with Crippen molar-refractivity contribution in [3.63, 3.8) is 0 Å². The van der Waals surface area contributed by atoms with Crippen LogP contribution in [0, 0.1) is 13.8 Å². The van der Waals surface area contributed by atoms with E-state index in [1.807, 2.05) is 45.9 Å². The monoisotopic (exact) mass is 450 g/mol. The molecule has 0 aliphatic heterocycles. The van der Waals surface area contributed by atoms with Crippen LogP contribution in [0.2, 0.25) is 10.0 Å². The summed E-state index contributed by atoms with van der Waals surface area (Å²) in [6.07, 6.45) is 0. The lowest BCUT2D eigenvalue weighted by molar-refractivity contribution is -0.142. The Kier molecular flexibility index (Phi) is 8.56. The van der Waals surface area contributed by atoms with Gasteiger partial charge in [-0.3, -0.25) is 9.59 Å². The van der Waals surface area contributed by atoms with Crippen molar-refractivity contribution >= 4 is 35.0 Å². The maximum absolute atomic E-state index is 13.1. The van der Waals surface area contributed by atoms with Gasteiger partial charge in [0.1, 0.15) is 11.8 Å². The van der Waals surface area contributed by atoms with Crippen molar-refractivity contribution in [3.05, 3.63) is 63.1 Å². The Morgan fingerprint density at radius 2 is 1.73 bits per heavy atom. The van der Waals surface area contributed by atoms with Gasteiger partial charge in [-0.05, 0) is 69.5 Å². The van der Waals surface area contributed by atoms with Crippen LogP contribution >= 0.6 is 23.2 Å². The van der Waals surface area contributed by atoms with Crippen LogP contribution < -0.4 is 10.1 Å². The number of benzene rings is 2. The van der Waals surface area contributed by atoms with E-state index in [-0.39, 0.29) is 31.0 Å². The third-order valence-corrected chi connectivity index (χ3v) is 5.37. The van der Waals surface area contributed by atoms with E-state index in [9.17, 15) is 9.59 Å². The number of halogens is 2. The van der Waals surface area contributed by atoms with E-state index < -0.39 is 6.04 Å². The van der Waals surface area contributed by atoms with Gasteiger partial charge < -0.3 is 15.0 Å². The van der Waals surface area contributed by atoms with Gasteiger partial charge in [-0.1, -0.05) is 41.4 Å². The summed E-state index contributed by atoms with van der Waals surface area (Å²) in [5.41, 5.74) is 2.75. The Morgan fingerprint density at radius 3 is 2.37 bits per heavy atom. The van der Waals surface area contributed by atoms with E-state index >= 15 is 0 Å². The van der Waals surface area contributed by atoms with Gasteiger partial charge in [-0.2, -0.15) is 0 Å². The summed E-state index contributed by atoms with van der Waals surface area (Å²) in [5.74, 6) is 0.121. The van der Waals surface area contributed by atoms with Crippen molar-refractivity contribution in [2.24, 2.45) is 0 Å². The highest BCUT2D eigenvalue weighted by molar-refractivity contribution is 6.42. The molecule has 162 valence electrons. The smallest absolute Gasteiger partial charge is 0.261 e. The fourth-order valence-corrected chi connectivity index (χ4v) is 3.23. The molecule has 0 fully saturated rings. The normalized spacial score (nSPS) is 11.9. The summed E-state index contributed by atoms with van der Waals surface area (Å²) < 4.78 is 5.78. The topological polar surface area (TPSA) is 58.6 Å². The first-order chi connectivity index (χ1) is 14.1. The summed E-state index contributed by atoms with van der Waals surface area (Å²) in [4.78, 5) is 27.1. The highest BCUT2D eigenvalue weighted by Crippen LogP contribution is 2.24. The zero-order valence-corrected chi connectivity index (χ0v) is 19.5. The van der Waals surface area contributed by atoms with Gasteiger partial charge in [0.2, 0.25) is 5.91 Å². The summed E-state index contributed by atoms with van der Waals surface area (Å²) >= 11 is 12.1. The van der Waals surface area contributed by atoms with Crippen LogP contribution in [-0.2, 0) is 16.1 Å². The molecule has 0 saturated heterocycles. The molecule has 0 radical (unpaired) electrons. The predicted molar refractivity (Wildman–Crippen MR) is 121 cm³/mol. The molecule has 0 aliphatic carbocycles. The second kappa shape index (κ2) is 10.7. The highest BCUT2D eigenvalue weighted by Gasteiger charge is 2.27. The van der Waals surface area contributed by atoms with E-state index in [0.29, 0.717) is 15.8 Å². The van der Waals surface area contributed by atoms with E-state index in [1.165, 1.54) is 4.90 Å². The number of rotatable bonds is 8. The third kappa shape index (κ3) is 6.64. The number of aryl methyl sites for hydroxylation is 2. The maximum Gasteiger partial charge on any atom is 0.261 e. The third-order valence-electron chi connectivity index (χ3n) is 4.63. The molecule has 0 spiro atoms. The molecule has 1 N–H and O–H groups in total. The van der Waals surface area contributed by atoms with Crippen LogP contribution in [0.25, 0.3) is 0 Å². The van der Waals surface area contributed by atoms with Crippen molar-refractivity contribution in [1.82, 2.24) is 10.2 Å². The van der Waals surface area contributed by atoms with E-state index in [2.05, 4.69) is 5.32 Å². The summed E-state index contributed by atoms with van der Waals surface area (Å²) in [7, 11) is 0. The first kappa shape index (κ1) is 24.0. The lowest BCUT2D eigenvalue weighted by Crippen LogP contribution is -2.50. The van der Waals surface area contributed by atoms with Crippen molar-refractivity contribution in [2.75, 3.05) is 6.61 Å². The molecule has 1 unspecified atom stereocenters. The maximum atomic E-state index is 13.1. The lowest BCUT2D eigenvalue weighted by Gasteiger charge is -2.29. The average molecular weight is 451 g/mol. The molecule has 1 atom stereocenters. The van der Waals surface area contributed by atoms with Crippen LogP contribution in [-0.4, -0.2) is 35.4 Å². The molecule has 0 aliphatic rings. The van der Waals surface area contributed by atoms with Crippen molar-refractivity contribution in [1.29, 1.82) is 0 Å². The predicted octanol–water partition coefficient (Wildman–Crippen LogP) is 4.93. The zero-order chi connectivity index (χ0) is 22.4. The molecule has 0 bridgehead atoms. The molecule has 5 nitrogen and oxygen atoms in total. The minimum atomic E-state index is -0.684. The van der Waals surface area contributed by atoms with E-state index in [0.717, 1.165) is 16.7 Å². The lowest BCUT2D eigenvalue weighted by atomic mass is 10.1. The number of nitrogens with zero attached hydrogens (tertiary/aromatic N) is 1. The number of ether oxygens (including phenoxy) is 1. The van der Waals surface area contributed by atoms with E-state index in [4.69, 9.17) is 27.9 Å². The first-order valence-corrected chi connectivity index (χ1v) is 10.6. The van der Waals surface area contributed by atoms with Crippen molar-refractivity contribution in [3.8, 4) is 5.75 Å². The quantitative estimate of drug-likeness (QED) is 0.619. The molecule has 0 aromatic heterocycles. The number of nitrogens with one attached hydrogen (secondary N) is 1. The SMILES string of the molecule is Cc1ccc(C)c(OCC(=O)N(Cc2ccc(Cl)c(Cl)c2)C(C)C(=O)NC(C)C)c1. The Morgan fingerprint density at radius 1 is 1.03 bits per heavy atom. The molecule has 2 aromatic rings. The minimum Gasteiger partial charge on any atom is -0.483 e. The van der Waals surface area contributed by atoms with Crippen molar-refractivity contribution in [2.45, 2.75) is 53.2 Å². The molecule has 0 heterocycles. The number of amides is 2. The summed E-state index contributed by atoms with van der Waals surface area (Å²) in [5, 5.41) is 3.68. The molecule has 2 amide bonds. The largest absolute Gasteiger partial charge is 0.483 e. The Hall–Kier alpha value is -2.24. The van der Waals surface area contributed by atoms with Crippen LogP contribution in [0.1, 0.15) is 37.5 Å². The van der Waals surface area contributed by atoms with Crippen molar-refractivity contribution < 1.29 is 14.3 Å². The van der Waals surface area contributed by atoms with Crippen LogP contribution in [0.5, 0.6) is 5.75 Å². The van der Waals surface area contributed by atoms with Crippen LogP contribution in [0.3, 0.4) is 0 Å². The highest BCUT2D eigenvalue weighted by atomic mass is 35.5. The van der Waals surface area contributed by atoms with Gasteiger partial charge in [0.05, 0.1) is 10.0 Å². The Labute approximate surface area is 188 Å². The van der Waals surface area contributed by atoms with Gasteiger partial charge in [0, 0.05) is 12.6 Å². The van der Waals surface area contributed by atoms with Crippen LogP contribution in [0.4, 0.5) is 0 Å². The molecule has 2 aromatic carbocycles. The van der Waals surface area contributed by atoms with Gasteiger partial charge >= 0.3 is 0 Å². The second-order valence-electron chi connectivity index (χ2n) is 7.67. The van der Waals surface area contributed by atoms with E-state index in [1.54, 1.807) is 25.1 Å². The standard InChI is InChI=1S/C23H28Cl2N2O3/c1-14(2)26-23(29)17(5)27(12-18-8-9-19(24)20(25)11-18)22(28)13-30-21-10-15(3)6-7-16(21)4/h6-11,14,17H,12-13H2,1-5H3,(H,26,29). The first-order valence-electron chi connectivity index (χ1n) is 9.82. The molecular formula is C23H28Cl2N2O3. The Balaban J connectivity index is 2.22. The molecule has 0 saturated carbocycles. The summed E-state index contributed by atoms with van der Waals surface area (Å²) in [6, 6.07) is 10.3. The molecule has 30 heavy (non-hydrogen) atoms. The van der Waals surface area contributed by atoms with Gasteiger partial charge in [0.15, 0.2) is 6.61 Å². The average Bonchev–Trinajstić information content (AvgIpc) is 2.68. The second-order valence-corrected chi connectivity index (χ2v) is 8.48. The summed E-state index contributed by atoms with van der Waals surface area (Å²) in [6.45, 7) is 9.36. The van der Waals surface area contributed by atoms with Gasteiger partial charge in [-0.15, -0.1) is 0 Å². The number of hydrogen-bond acceptors (Lipinski definition) is 3. The fourth-order valence-electron chi connectivity index (χ4n) is 2.91. The van der Waals surface area contributed by atoms with Gasteiger partial charge in [-0.25, -0.2) is 0 Å². The fraction of sp³-hybridized carbons (Fsp3) is 0.391. The number of hydrogen-bond donors (Lipinski definition) is 1.